The number of hydrogen-bond donors (Lipinski definition) is 0. The molecule has 25 heavy (non-hydrogen) atoms. The first-order valence-electron chi connectivity index (χ1n) is 8.34. The van der Waals surface area contributed by atoms with E-state index in [9.17, 15) is 13.2 Å². The predicted octanol–water partition coefficient (Wildman–Crippen LogP) is 2.83. The van der Waals surface area contributed by atoms with Gasteiger partial charge in [-0.05, 0) is 30.0 Å². The average molecular weight is 371 g/mol. The molecular weight excluding hydrogens is 342 g/mol. The summed E-state index contributed by atoms with van der Waals surface area (Å²) >= 11 is 0. The molecular formula is C18H29NO5S. The SMILES string of the molecule is CCS(=O)(=O)Oc1ccc(CN(CCOC)C(=O)CC(C)(C)C)cc1. The van der Waals surface area contributed by atoms with Crippen molar-refractivity contribution < 1.29 is 22.1 Å². The van der Waals surface area contributed by atoms with Crippen molar-refractivity contribution in [3.05, 3.63) is 29.8 Å². The van der Waals surface area contributed by atoms with Crippen LogP contribution in [-0.4, -0.2) is 45.2 Å². The summed E-state index contributed by atoms with van der Waals surface area (Å²) < 4.78 is 33.0. The fraction of sp³-hybridized carbons (Fsp3) is 0.611. The van der Waals surface area contributed by atoms with E-state index in [4.69, 9.17) is 8.92 Å². The van der Waals surface area contributed by atoms with Gasteiger partial charge in [-0.1, -0.05) is 32.9 Å². The van der Waals surface area contributed by atoms with Crippen LogP contribution in [0.2, 0.25) is 0 Å². The van der Waals surface area contributed by atoms with E-state index in [1.54, 1.807) is 36.3 Å². The molecule has 0 aliphatic heterocycles. The summed E-state index contributed by atoms with van der Waals surface area (Å²) in [4.78, 5) is 14.3. The molecule has 1 rings (SSSR count). The molecule has 0 heterocycles. The van der Waals surface area contributed by atoms with Crippen molar-refractivity contribution in [2.75, 3.05) is 26.0 Å². The van der Waals surface area contributed by atoms with E-state index < -0.39 is 10.1 Å². The fourth-order valence-corrected chi connectivity index (χ4v) is 2.66. The van der Waals surface area contributed by atoms with Crippen molar-refractivity contribution in [2.45, 2.75) is 40.7 Å². The summed E-state index contributed by atoms with van der Waals surface area (Å²) in [6.45, 7) is 9.02. The maximum absolute atomic E-state index is 12.5. The Labute approximate surface area is 151 Å². The summed E-state index contributed by atoms with van der Waals surface area (Å²) in [6.07, 6.45) is 0.451. The summed E-state index contributed by atoms with van der Waals surface area (Å²) in [5.41, 5.74) is 0.814. The first-order valence-corrected chi connectivity index (χ1v) is 9.92. The molecule has 7 heteroatoms. The van der Waals surface area contributed by atoms with E-state index in [0.29, 0.717) is 26.1 Å². The molecule has 0 spiro atoms. The molecule has 1 amide bonds. The topological polar surface area (TPSA) is 72.9 Å². The van der Waals surface area contributed by atoms with Crippen LogP contribution in [0.5, 0.6) is 5.75 Å². The normalized spacial score (nSPS) is 12.0. The molecule has 6 nitrogen and oxygen atoms in total. The lowest BCUT2D eigenvalue weighted by molar-refractivity contribution is -0.134. The van der Waals surface area contributed by atoms with Crippen molar-refractivity contribution in [1.82, 2.24) is 4.90 Å². The third-order valence-corrected chi connectivity index (χ3v) is 4.63. The van der Waals surface area contributed by atoms with Gasteiger partial charge in [0.2, 0.25) is 5.91 Å². The second kappa shape index (κ2) is 9.20. The smallest absolute Gasteiger partial charge is 0.308 e. The summed E-state index contributed by atoms with van der Waals surface area (Å²) in [6, 6.07) is 6.74. The zero-order chi connectivity index (χ0) is 19.1. The highest BCUT2D eigenvalue weighted by Gasteiger charge is 2.21. The third kappa shape index (κ3) is 8.36. The Hall–Kier alpha value is -1.60. The molecule has 0 saturated carbocycles. The molecule has 0 radical (unpaired) electrons. The summed E-state index contributed by atoms with van der Waals surface area (Å²) in [7, 11) is -1.93. The zero-order valence-electron chi connectivity index (χ0n) is 15.7. The minimum atomic E-state index is -3.54. The second-order valence-corrected chi connectivity index (χ2v) is 8.98. The van der Waals surface area contributed by atoms with Crippen molar-refractivity contribution >= 4 is 16.0 Å². The Morgan fingerprint density at radius 3 is 2.24 bits per heavy atom. The number of benzene rings is 1. The second-order valence-electron chi connectivity index (χ2n) is 7.12. The van der Waals surface area contributed by atoms with Crippen molar-refractivity contribution in [2.24, 2.45) is 5.41 Å². The highest BCUT2D eigenvalue weighted by atomic mass is 32.2. The largest absolute Gasteiger partial charge is 0.383 e. The molecule has 0 bridgehead atoms. The van der Waals surface area contributed by atoms with Gasteiger partial charge < -0.3 is 13.8 Å². The maximum Gasteiger partial charge on any atom is 0.308 e. The van der Waals surface area contributed by atoms with Gasteiger partial charge in [-0.2, -0.15) is 8.42 Å². The average Bonchev–Trinajstić information content (AvgIpc) is 2.51. The molecule has 0 aromatic heterocycles. The Morgan fingerprint density at radius 1 is 1.16 bits per heavy atom. The predicted molar refractivity (Wildman–Crippen MR) is 97.9 cm³/mol. The van der Waals surface area contributed by atoms with E-state index >= 15 is 0 Å². The number of hydrogen-bond acceptors (Lipinski definition) is 5. The van der Waals surface area contributed by atoms with Gasteiger partial charge >= 0.3 is 10.1 Å². The van der Waals surface area contributed by atoms with Gasteiger partial charge in [0.1, 0.15) is 5.75 Å². The Balaban J connectivity index is 2.81. The quantitative estimate of drug-likeness (QED) is 0.624. The van der Waals surface area contributed by atoms with Crippen LogP contribution in [0, 0.1) is 5.41 Å². The molecule has 1 aromatic carbocycles. The highest BCUT2D eigenvalue weighted by molar-refractivity contribution is 7.87. The van der Waals surface area contributed by atoms with E-state index in [-0.39, 0.29) is 22.8 Å². The number of methoxy groups -OCH3 is 1. The van der Waals surface area contributed by atoms with Crippen LogP contribution >= 0.6 is 0 Å². The van der Waals surface area contributed by atoms with E-state index in [1.807, 2.05) is 20.8 Å². The molecule has 0 aliphatic carbocycles. The number of carbonyl (C=O) groups is 1. The third-order valence-electron chi connectivity index (χ3n) is 3.47. The Bertz CT molecular complexity index is 647. The van der Waals surface area contributed by atoms with Crippen molar-refractivity contribution in [3.8, 4) is 5.75 Å². The first-order chi connectivity index (χ1) is 11.6. The van der Waals surface area contributed by atoms with Gasteiger partial charge in [0, 0.05) is 26.6 Å². The Morgan fingerprint density at radius 2 is 1.76 bits per heavy atom. The van der Waals surface area contributed by atoms with Crippen LogP contribution in [0.3, 0.4) is 0 Å². The highest BCUT2D eigenvalue weighted by Crippen LogP contribution is 2.21. The van der Waals surface area contributed by atoms with Crippen LogP contribution in [0.25, 0.3) is 0 Å². The molecule has 0 N–H and O–H groups in total. The van der Waals surface area contributed by atoms with Crippen LogP contribution < -0.4 is 4.18 Å². The number of amides is 1. The summed E-state index contributed by atoms with van der Waals surface area (Å²) in [5, 5.41) is 0. The molecule has 1 aromatic rings. The number of nitrogens with zero attached hydrogens (tertiary/aromatic N) is 1. The lowest BCUT2D eigenvalue weighted by Crippen LogP contribution is -2.35. The monoisotopic (exact) mass is 371 g/mol. The van der Waals surface area contributed by atoms with E-state index in [1.165, 1.54) is 6.92 Å². The minimum Gasteiger partial charge on any atom is -0.383 e. The molecule has 0 aliphatic rings. The van der Waals surface area contributed by atoms with Crippen LogP contribution in [0.1, 0.15) is 39.7 Å². The molecule has 0 saturated heterocycles. The number of ether oxygens (including phenoxy) is 1. The van der Waals surface area contributed by atoms with Crippen LogP contribution in [0.4, 0.5) is 0 Å². The summed E-state index contributed by atoms with van der Waals surface area (Å²) in [5.74, 6) is 0.259. The zero-order valence-corrected chi connectivity index (χ0v) is 16.6. The Kier molecular flexibility index (Phi) is 7.89. The number of rotatable bonds is 9. The fourth-order valence-electron chi connectivity index (χ4n) is 2.14. The van der Waals surface area contributed by atoms with Gasteiger partial charge in [-0.3, -0.25) is 4.79 Å². The molecule has 142 valence electrons. The van der Waals surface area contributed by atoms with Crippen LogP contribution in [-0.2, 0) is 26.2 Å². The van der Waals surface area contributed by atoms with E-state index in [0.717, 1.165) is 5.56 Å². The van der Waals surface area contributed by atoms with Gasteiger partial charge in [0.25, 0.3) is 0 Å². The van der Waals surface area contributed by atoms with Gasteiger partial charge in [0.05, 0.1) is 12.4 Å². The first kappa shape index (κ1) is 21.4. The molecule has 0 atom stereocenters. The van der Waals surface area contributed by atoms with Crippen LogP contribution in [0.15, 0.2) is 24.3 Å². The minimum absolute atomic E-state index is 0.0680. The van der Waals surface area contributed by atoms with E-state index in [2.05, 4.69) is 0 Å². The number of carbonyl (C=O) groups excluding carboxylic acids is 1. The molecule has 0 unspecified atom stereocenters. The maximum atomic E-state index is 12.5. The standard InChI is InChI=1S/C18H29NO5S/c1-6-25(21,22)24-16-9-7-15(8-10-16)14-19(11-12-23-5)17(20)13-18(2,3)4/h7-10H,6,11-14H2,1-5H3. The van der Waals surface area contributed by atoms with Gasteiger partial charge in [0.15, 0.2) is 0 Å². The van der Waals surface area contributed by atoms with Gasteiger partial charge in [-0.25, -0.2) is 0 Å². The molecule has 0 fully saturated rings. The van der Waals surface area contributed by atoms with Crippen molar-refractivity contribution in [1.29, 1.82) is 0 Å². The lowest BCUT2D eigenvalue weighted by atomic mass is 9.91. The van der Waals surface area contributed by atoms with Gasteiger partial charge in [-0.15, -0.1) is 0 Å². The lowest BCUT2D eigenvalue weighted by Gasteiger charge is -2.26. The van der Waals surface area contributed by atoms with Crippen molar-refractivity contribution in [3.63, 3.8) is 0 Å².